The molecule has 3 fully saturated rings. The minimum Gasteiger partial charge on any atom is -0.373 e. The average Bonchev–Trinajstić information content (AvgIpc) is 3.33. The van der Waals surface area contributed by atoms with E-state index >= 15 is 0 Å². The lowest BCUT2D eigenvalue weighted by Crippen LogP contribution is -2.51. The lowest BCUT2D eigenvalue weighted by Gasteiger charge is -2.35. The number of rotatable bonds is 6. The minimum atomic E-state index is 0.164. The highest BCUT2D eigenvalue weighted by Gasteiger charge is 2.44. The number of aliphatic imine (C=N–C) groups is 1. The lowest BCUT2D eigenvalue weighted by molar-refractivity contribution is -0.0453. The van der Waals surface area contributed by atoms with Crippen molar-refractivity contribution in [2.24, 2.45) is 4.99 Å². The van der Waals surface area contributed by atoms with Crippen LogP contribution < -0.4 is 10.6 Å². The molecule has 27 heavy (non-hydrogen) atoms. The summed E-state index contributed by atoms with van der Waals surface area (Å²) < 4.78 is 6.06. The molecule has 1 aromatic rings. The van der Waals surface area contributed by atoms with Gasteiger partial charge in [0, 0.05) is 36.1 Å². The molecule has 2 aliphatic heterocycles. The molecule has 1 aliphatic carbocycles. The molecule has 2 N–H and O–H groups in total. The maximum atomic E-state index is 6.19. The summed E-state index contributed by atoms with van der Waals surface area (Å²) in [7, 11) is 0. The van der Waals surface area contributed by atoms with Gasteiger partial charge in [0.1, 0.15) is 0 Å². The molecule has 2 heterocycles. The van der Waals surface area contributed by atoms with Crippen molar-refractivity contribution in [3.63, 3.8) is 0 Å². The van der Waals surface area contributed by atoms with Gasteiger partial charge in [-0.05, 0) is 56.8 Å². The van der Waals surface area contributed by atoms with Crippen LogP contribution in [0.25, 0.3) is 0 Å². The van der Waals surface area contributed by atoms with Crippen LogP contribution in [0.15, 0.2) is 29.3 Å². The summed E-state index contributed by atoms with van der Waals surface area (Å²) in [6.45, 7) is 7.69. The molecule has 0 amide bonds. The predicted octanol–water partition coefficient (Wildman–Crippen LogP) is 2.79. The highest BCUT2D eigenvalue weighted by atomic mass is 35.5. The zero-order valence-electron chi connectivity index (χ0n) is 16.2. The first kappa shape index (κ1) is 19.0. The van der Waals surface area contributed by atoms with Gasteiger partial charge in [-0.2, -0.15) is 0 Å². The van der Waals surface area contributed by atoms with Crippen LogP contribution in [0.3, 0.4) is 0 Å². The van der Waals surface area contributed by atoms with Gasteiger partial charge in [0.25, 0.3) is 0 Å². The van der Waals surface area contributed by atoms with Crippen molar-refractivity contribution in [1.29, 1.82) is 0 Å². The average molecular weight is 391 g/mol. The van der Waals surface area contributed by atoms with Crippen LogP contribution in [0.1, 0.15) is 38.2 Å². The van der Waals surface area contributed by atoms with Gasteiger partial charge in [-0.15, -0.1) is 0 Å². The van der Waals surface area contributed by atoms with E-state index in [9.17, 15) is 0 Å². The molecule has 6 heteroatoms. The molecule has 148 valence electrons. The quantitative estimate of drug-likeness (QED) is 0.579. The fourth-order valence-electron chi connectivity index (χ4n) is 4.30. The lowest BCUT2D eigenvalue weighted by atomic mass is 9.96. The number of ether oxygens (including phenoxy) is 1. The van der Waals surface area contributed by atoms with E-state index in [1.807, 2.05) is 12.1 Å². The van der Waals surface area contributed by atoms with E-state index in [0.29, 0.717) is 6.04 Å². The largest absolute Gasteiger partial charge is 0.373 e. The smallest absolute Gasteiger partial charge is 0.191 e. The molecule has 0 spiro atoms. The number of nitrogens with one attached hydrogen (secondary N) is 2. The Hall–Kier alpha value is -1.30. The summed E-state index contributed by atoms with van der Waals surface area (Å²) in [5.74, 6) is 0.887. The van der Waals surface area contributed by atoms with E-state index < -0.39 is 0 Å². The van der Waals surface area contributed by atoms with Crippen LogP contribution >= 0.6 is 11.6 Å². The topological polar surface area (TPSA) is 48.9 Å². The van der Waals surface area contributed by atoms with Gasteiger partial charge in [0.05, 0.1) is 19.3 Å². The molecule has 0 aromatic heterocycles. The summed E-state index contributed by atoms with van der Waals surface area (Å²) in [6.07, 6.45) is 5.20. The van der Waals surface area contributed by atoms with Gasteiger partial charge in [0.2, 0.25) is 0 Å². The van der Waals surface area contributed by atoms with E-state index in [1.165, 1.54) is 37.8 Å². The maximum Gasteiger partial charge on any atom is 0.191 e. The van der Waals surface area contributed by atoms with E-state index in [2.05, 4.69) is 34.6 Å². The third-order valence-corrected chi connectivity index (χ3v) is 6.37. The molecular formula is C21H31ClN4O. The molecule has 4 rings (SSSR count). The Labute approximate surface area is 167 Å². The number of fused-ring (bicyclic) bond motifs is 1. The number of benzene rings is 1. The number of guanidine groups is 1. The van der Waals surface area contributed by atoms with Crippen molar-refractivity contribution >= 4 is 17.6 Å². The third kappa shape index (κ3) is 4.58. The normalized spacial score (nSPS) is 27.3. The summed E-state index contributed by atoms with van der Waals surface area (Å²) in [4.78, 5) is 7.47. The standard InChI is InChI=1S/C21H31ClN4O/c1-2-23-20(24-12-19-13-26-10-4-7-18(26)14-27-19)25-15-21(8-9-21)16-5-3-6-17(22)11-16/h3,5-6,11,18-19H,2,4,7-10,12-15H2,1H3,(H2,23,24,25). The SMILES string of the molecule is CCNC(=NCC1(c2cccc(Cl)c2)CC1)NCC1CN2CCCC2CO1. The molecule has 1 saturated carbocycles. The molecular weight excluding hydrogens is 360 g/mol. The second kappa shape index (κ2) is 8.38. The van der Waals surface area contributed by atoms with Crippen molar-refractivity contribution < 1.29 is 4.74 Å². The number of nitrogens with zero attached hydrogens (tertiary/aromatic N) is 2. The molecule has 2 unspecified atom stereocenters. The maximum absolute atomic E-state index is 6.19. The van der Waals surface area contributed by atoms with Crippen LogP contribution in [-0.2, 0) is 10.2 Å². The Bertz CT molecular complexity index is 676. The van der Waals surface area contributed by atoms with Crippen LogP contribution in [0.2, 0.25) is 5.02 Å². The van der Waals surface area contributed by atoms with Crippen molar-refractivity contribution in [1.82, 2.24) is 15.5 Å². The van der Waals surface area contributed by atoms with Gasteiger partial charge in [-0.3, -0.25) is 9.89 Å². The summed E-state index contributed by atoms with van der Waals surface area (Å²) in [5, 5.41) is 7.68. The molecule has 2 atom stereocenters. The van der Waals surface area contributed by atoms with Crippen molar-refractivity contribution in [3.05, 3.63) is 34.9 Å². The van der Waals surface area contributed by atoms with Gasteiger partial charge in [0.15, 0.2) is 5.96 Å². The highest BCUT2D eigenvalue weighted by molar-refractivity contribution is 6.30. The third-order valence-electron chi connectivity index (χ3n) is 6.13. The Kier molecular flexibility index (Phi) is 5.90. The van der Waals surface area contributed by atoms with Crippen LogP contribution in [0.4, 0.5) is 0 Å². The van der Waals surface area contributed by atoms with Crippen molar-refractivity contribution in [2.45, 2.75) is 50.2 Å². The molecule has 0 radical (unpaired) electrons. The monoisotopic (exact) mass is 390 g/mol. The molecule has 1 aromatic carbocycles. The second-order valence-corrected chi connectivity index (χ2v) is 8.55. The first-order chi connectivity index (χ1) is 13.2. The van der Waals surface area contributed by atoms with E-state index in [1.54, 1.807) is 0 Å². The Balaban J connectivity index is 1.33. The van der Waals surface area contributed by atoms with E-state index in [0.717, 1.165) is 43.8 Å². The zero-order chi connectivity index (χ0) is 18.7. The Morgan fingerprint density at radius 1 is 1.37 bits per heavy atom. The number of hydrogen-bond acceptors (Lipinski definition) is 3. The number of hydrogen-bond donors (Lipinski definition) is 2. The minimum absolute atomic E-state index is 0.164. The van der Waals surface area contributed by atoms with Gasteiger partial charge >= 0.3 is 0 Å². The zero-order valence-corrected chi connectivity index (χ0v) is 17.0. The second-order valence-electron chi connectivity index (χ2n) is 8.11. The summed E-state index contributed by atoms with van der Waals surface area (Å²) in [5.41, 5.74) is 1.47. The Morgan fingerprint density at radius 2 is 2.26 bits per heavy atom. The molecule has 0 bridgehead atoms. The fraction of sp³-hybridized carbons (Fsp3) is 0.667. The van der Waals surface area contributed by atoms with Crippen LogP contribution in [0, 0.1) is 0 Å². The molecule has 5 nitrogen and oxygen atoms in total. The van der Waals surface area contributed by atoms with Gasteiger partial charge in [-0.25, -0.2) is 0 Å². The first-order valence-electron chi connectivity index (χ1n) is 10.3. The van der Waals surface area contributed by atoms with Crippen LogP contribution in [-0.4, -0.2) is 62.3 Å². The summed E-state index contributed by atoms with van der Waals surface area (Å²) >= 11 is 6.19. The number of halogens is 1. The highest BCUT2D eigenvalue weighted by Crippen LogP contribution is 2.48. The molecule has 2 saturated heterocycles. The number of morpholine rings is 1. The van der Waals surface area contributed by atoms with Crippen molar-refractivity contribution in [3.8, 4) is 0 Å². The predicted molar refractivity (Wildman–Crippen MR) is 111 cm³/mol. The Morgan fingerprint density at radius 3 is 3.04 bits per heavy atom. The molecule has 3 aliphatic rings. The van der Waals surface area contributed by atoms with E-state index in [-0.39, 0.29) is 11.5 Å². The van der Waals surface area contributed by atoms with Crippen LogP contribution in [0.5, 0.6) is 0 Å². The van der Waals surface area contributed by atoms with Gasteiger partial charge < -0.3 is 15.4 Å². The summed E-state index contributed by atoms with van der Waals surface area (Å²) in [6, 6.07) is 8.89. The fourth-order valence-corrected chi connectivity index (χ4v) is 4.49. The van der Waals surface area contributed by atoms with Gasteiger partial charge in [-0.1, -0.05) is 23.7 Å². The van der Waals surface area contributed by atoms with E-state index in [4.69, 9.17) is 21.3 Å². The first-order valence-corrected chi connectivity index (χ1v) is 10.7. The van der Waals surface area contributed by atoms with Crippen molar-refractivity contribution in [2.75, 3.05) is 39.3 Å².